The van der Waals surface area contributed by atoms with E-state index in [9.17, 15) is 8.42 Å². The highest BCUT2D eigenvalue weighted by Crippen LogP contribution is 2.23. The van der Waals surface area contributed by atoms with Gasteiger partial charge < -0.3 is 15.4 Å². The average Bonchev–Trinajstić information content (AvgIpc) is 2.52. The highest BCUT2D eigenvalue weighted by atomic mass is 32.2. The summed E-state index contributed by atoms with van der Waals surface area (Å²) in [5.74, 6) is 1.23. The predicted octanol–water partition coefficient (Wildman–Crippen LogP) is 1.52. The van der Waals surface area contributed by atoms with Crippen LogP contribution in [-0.4, -0.2) is 39.3 Å². The lowest BCUT2D eigenvalue weighted by Crippen LogP contribution is -2.40. The number of guanidine groups is 1. The molecule has 4 N–H and O–H groups in total. The van der Waals surface area contributed by atoms with Gasteiger partial charge in [0.1, 0.15) is 5.75 Å². The summed E-state index contributed by atoms with van der Waals surface area (Å²) in [6.45, 7) is 9.39. The highest BCUT2D eigenvalue weighted by Gasteiger charge is 2.09. The van der Waals surface area contributed by atoms with Crippen LogP contribution in [0, 0.1) is 6.92 Å². The summed E-state index contributed by atoms with van der Waals surface area (Å²) in [4.78, 5) is 4.51. The number of aliphatic imine (C=N–C) groups is 1. The second-order valence-corrected chi connectivity index (χ2v) is 7.67. The standard InChI is InChI=1S/C17H30N4O3S/c1-5-14(4)24-16-11-13(3)7-8-15(16)12-21-17(19-6-2)20-9-10-25(18,22)23/h7-8,11,14H,5-6,9-10,12H2,1-4H3,(H2,18,22,23)(H2,19,20,21). The van der Waals surface area contributed by atoms with Crippen LogP contribution in [0.2, 0.25) is 0 Å². The van der Waals surface area contributed by atoms with Crippen molar-refractivity contribution in [1.29, 1.82) is 0 Å². The second-order valence-electron chi connectivity index (χ2n) is 5.94. The Hall–Kier alpha value is -1.80. The lowest BCUT2D eigenvalue weighted by atomic mass is 10.1. The molecule has 1 atom stereocenters. The van der Waals surface area contributed by atoms with Crippen LogP contribution in [-0.2, 0) is 16.6 Å². The Kier molecular flexibility index (Phi) is 8.71. The predicted molar refractivity (Wildman–Crippen MR) is 102 cm³/mol. The Morgan fingerprint density at radius 1 is 1.32 bits per heavy atom. The molecule has 0 fully saturated rings. The molecule has 0 radical (unpaired) electrons. The zero-order chi connectivity index (χ0) is 18.9. The third-order valence-corrected chi connectivity index (χ3v) is 4.33. The molecule has 8 heteroatoms. The average molecular weight is 371 g/mol. The summed E-state index contributed by atoms with van der Waals surface area (Å²) in [7, 11) is -3.50. The number of sulfonamides is 1. The molecule has 1 aromatic carbocycles. The van der Waals surface area contributed by atoms with Crippen molar-refractivity contribution in [2.45, 2.75) is 46.8 Å². The number of nitrogens with zero attached hydrogens (tertiary/aromatic N) is 1. The van der Waals surface area contributed by atoms with Crippen molar-refractivity contribution >= 4 is 16.0 Å². The molecule has 142 valence electrons. The van der Waals surface area contributed by atoms with E-state index in [1.807, 2.05) is 39.0 Å². The molecule has 0 amide bonds. The number of nitrogens with two attached hydrogens (primary N) is 1. The van der Waals surface area contributed by atoms with Crippen molar-refractivity contribution in [3.05, 3.63) is 29.3 Å². The minimum Gasteiger partial charge on any atom is -0.490 e. The van der Waals surface area contributed by atoms with Gasteiger partial charge in [-0.15, -0.1) is 0 Å². The van der Waals surface area contributed by atoms with Gasteiger partial charge in [0, 0.05) is 18.7 Å². The fraction of sp³-hybridized carbons (Fsp3) is 0.588. The fourth-order valence-corrected chi connectivity index (χ4v) is 2.41. The summed E-state index contributed by atoms with van der Waals surface area (Å²) >= 11 is 0. The maximum absolute atomic E-state index is 11.0. The van der Waals surface area contributed by atoms with E-state index in [-0.39, 0.29) is 18.4 Å². The van der Waals surface area contributed by atoms with Gasteiger partial charge in [-0.3, -0.25) is 0 Å². The molecular weight excluding hydrogens is 340 g/mol. The summed E-state index contributed by atoms with van der Waals surface area (Å²) in [5.41, 5.74) is 2.11. The summed E-state index contributed by atoms with van der Waals surface area (Å²) < 4.78 is 28.0. The first-order chi connectivity index (χ1) is 11.7. The zero-order valence-corrected chi connectivity index (χ0v) is 16.3. The van der Waals surface area contributed by atoms with Gasteiger partial charge in [0.05, 0.1) is 18.4 Å². The van der Waals surface area contributed by atoms with Crippen molar-refractivity contribution in [1.82, 2.24) is 10.6 Å². The van der Waals surface area contributed by atoms with E-state index < -0.39 is 10.0 Å². The van der Waals surface area contributed by atoms with Crippen molar-refractivity contribution in [3.8, 4) is 5.75 Å². The van der Waals surface area contributed by atoms with Gasteiger partial charge in [0.2, 0.25) is 10.0 Å². The quantitative estimate of drug-likeness (QED) is 0.451. The smallest absolute Gasteiger partial charge is 0.210 e. The molecule has 1 unspecified atom stereocenters. The molecule has 0 bridgehead atoms. The van der Waals surface area contributed by atoms with Crippen molar-refractivity contribution in [2.24, 2.45) is 10.1 Å². The molecule has 0 saturated heterocycles. The van der Waals surface area contributed by atoms with Crippen LogP contribution in [0.15, 0.2) is 23.2 Å². The van der Waals surface area contributed by atoms with Crippen molar-refractivity contribution < 1.29 is 13.2 Å². The zero-order valence-electron chi connectivity index (χ0n) is 15.5. The monoisotopic (exact) mass is 370 g/mol. The van der Waals surface area contributed by atoms with Crippen LogP contribution >= 0.6 is 0 Å². The number of ether oxygens (including phenoxy) is 1. The number of rotatable bonds is 9. The Balaban J connectivity index is 2.83. The number of hydrogen-bond donors (Lipinski definition) is 3. The molecule has 0 aromatic heterocycles. The van der Waals surface area contributed by atoms with Gasteiger partial charge in [-0.25, -0.2) is 18.5 Å². The second kappa shape index (κ2) is 10.2. The molecule has 0 spiro atoms. The van der Waals surface area contributed by atoms with E-state index in [1.165, 1.54) is 0 Å². The summed E-state index contributed by atoms with van der Waals surface area (Å²) in [6.07, 6.45) is 1.06. The van der Waals surface area contributed by atoms with Crippen LogP contribution in [0.25, 0.3) is 0 Å². The largest absolute Gasteiger partial charge is 0.490 e. The van der Waals surface area contributed by atoms with Crippen LogP contribution in [0.3, 0.4) is 0 Å². The van der Waals surface area contributed by atoms with Gasteiger partial charge in [-0.2, -0.15) is 0 Å². The maximum atomic E-state index is 11.0. The van der Waals surface area contributed by atoms with Gasteiger partial charge in [0.25, 0.3) is 0 Å². The van der Waals surface area contributed by atoms with E-state index in [4.69, 9.17) is 9.88 Å². The Morgan fingerprint density at radius 3 is 2.64 bits per heavy atom. The van der Waals surface area contributed by atoms with Crippen LogP contribution in [0.1, 0.15) is 38.3 Å². The highest BCUT2D eigenvalue weighted by molar-refractivity contribution is 7.89. The topological polar surface area (TPSA) is 106 Å². The van der Waals surface area contributed by atoms with Gasteiger partial charge in [-0.05, 0) is 38.8 Å². The first-order valence-electron chi connectivity index (χ1n) is 8.54. The first kappa shape index (κ1) is 21.2. The lowest BCUT2D eigenvalue weighted by molar-refractivity contribution is 0.215. The molecule has 0 aliphatic carbocycles. The van der Waals surface area contributed by atoms with Gasteiger partial charge in [0.15, 0.2) is 5.96 Å². The van der Waals surface area contributed by atoms with Crippen LogP contribution in [0.4, 0.5) is 0 Å². The van der Waals surface area contributed by atoms with Crippen molar-refractivity contribution in [2.75, 3.05) is 18.8 Å². The fourth-order valence-electron chi connectivity index (χ4n) is 2.02. The SMILES string of the molecule is CCNC(=NCc1ccc(C)cc1OC(C)CC)NCCS(N)(=O)=O. The summed E-state index contributed by atoms with van der Waals surface area (Å²) in [6, 6.07) is 6.04. The first-order valence-corrected chi connectivity index (χ1v) is 10.3. The molecule has 0 heterocycles. The third kappa shape index (κ3) is 8.74. The van der Waals surface area contributed by atoms with Gasteiger partial charge >= 0.3 is 0 Å². The van der Waals surface area contributed by atoms with E-state index >= 15 is 0 Å². The van der Waals surface area contributed by atoms with E-state index in [2.05, 4.69) is 22.5 Å². The molecule has 7 nitrogen and oxygen atoms in total. The molecule has 0 aliphatic heterocycles. The Labute approximate surface area is 151 Å². The van der Waals surface area contributed by atoms with Gasteiger partial charge in [-0.1, -0.05) is 19.1 Å². The molecule has 25 heavy (non-hydrogen) atoms. The van der Waals surface area contributed by atoms with Crippen LogP contribution < -0.4 is 20.5 Å². The van der Waals surface area contributed by atoms with E-state index in [1.54, 1.807) is 0 Å². The molecule has 0 saturated carbocycles. The van der Waals surface area contributed by atoms with Crippen molar-refractivity contribution in [3.63, 3.8) is 0 Å². The Morgan fingerprint density at radius 2 is 2.04 bits per heavy atom. The van der Waals surface area contributed by atoms with E-state index in [0.29, 0.717) is 19.0 Å². The maximum Gasteiger partial charge on any atom is 0.210 e. The molecule has 0 aliphatic rings. The number of aryl methyl sites for hydroxylation is 1. The summed E-state index contributed by atoms with van der Waals surface area (Å²) in [5, 5.41) is 11.1. The number of benzene rings is 1. The Bertz CT molecular complexity index is 674. The molecule has 1 aromatic rings. The van der Waals surface area contributed by atoms with Crippen LogP contribution in [0.5, 0.6) is 5.75 Å². The number of nitrogens with one attached hydrogen (secondary N) is 2. The minimum absolute atomic E-state index is 0.130. The van der Waals surface area contributed by atoms with E-state index in [0.717, 1.165) is 23.3 Å². The lowest BCUT2D eigenvalue weighted by Gasteiger charge is -2.17. The number of hydrogen-bond acceptors (Lipinski definition) is 4. The molecular formula is C17H30N4O3S. The number of primary sulfonamides is 1. The molecule has 1 rings (SSSR count). The third-order valence-electron chi connectivity index (χ3n) is 3.56. The minimum atomic E-state index is -3.50. The normalized spacial score (nSPS) is 13.4.